The van der Waals surface area contributed by atoms with Crippen LogP contribution in [-0.2, 0) is 10.8 Å². The van der Waals surface area contributed by atoms with Gasteiger partial charge in [0.1, 0.15) is 0 Å². The van der Waals surface area contributed by atoms with Crippen molar-refractivity contribution in [3.63, 3.8) is 0 Å². The maximum absolute atomic E-state index is 2.50. The molecule has 12 rings (SSSR count). The van der Waals surface area contributed by atoms with Gasteiger partial charge in [0.25, 0.3) is 0 Å². The second kappa shape index (κ2) is 12.6. The van der Waals surface area contributed by atoms with Crippen molar-refractivity contribution in [2.24, 2.45) is 0 Å². The van der Waals surface area contributed by atoms with E-state index in [0.717, 1.165) is 17.1 Å². The maximum Gasteiger partial charge on any atom is 0.0726 e. The molecule has 0 amide bonds. The Labute approximate surface area is 346 Å². The number of hydrogen-bond donors (Lipinski definition) is 0. The van der Waals surface area contributed by atoms with Crippen molar-refractivity contribution in [1.29, 1.82) is 0 Å². The molecule has 0 bridgehead atoms. The average Bonchev–Trinajstić information content (AvgIpc) is 3.85. The van der Waals surface area contributed by atoms with Crippen LogP contribution in [0.2, 0.25) is 0 Å². The first-order valence-electron chi connectivity index (χ1n) is 20.8. The molecule has 3 aliphatic rings. The third-order valence-electron chi connectivity index (χ3n) is 13.5. The Balaban J connectivity index is 1.08. The van der Waals surface area contributed by atoms with E-state index in [1.54, 1.807) is 0 Å². The van der Waals surface area contributed by atoms with Gasteiger partial charge < -0.3 is 4.90 Å². The summed E-state index contributed by atoms with van der Waals surface area (Å²) < 4.78 is 0. The van der Waals surface area contributed by atoms with Gasteiger partial charge in [-0.1, -0.05) is 184 Å². The van der Waals surface area contributed by atoms with Crippen molar-refractivity contribution in [3.8, 4) is 55.6 Å². The van der Waals surface area contributed by atoms with Crippen molar-refractivity contribution in [2.75, 3.05) is 4.90 Å². The van der Waals surface area contributed by atoms with Crippen LogP contribution in [0, 0.1) is 0 Å². The summed E-state index contributed by atoms with van der Waals surface area (Å²) in [6.07, 6.45) is 0. The molecule has 1 nitrogen and oxygen atoms in total. The largest absolute Gasteiger partial charge is 0.310 e. The molecule has 278 valence electrons. The molecule has 3 aliphatic carbocycles. The number of rotatable bonds is 5. The minimum Gasteiger partial charge on any atom is -0.310 e. The van der Waals surface area contributed by atoms with Gasteiger partial charge in [-0.2, -0.15) is 0 Å². The monoisotopic (exact) mass is 751 g/mol. The highest BCUT2D eigenvalue weighted by molar-refractivity contribution is 5.97. The fraction of sp³-hybridized carbons (Fsp3) is 0.0690. The topological polar surface area (TPSA) is 3.24 Å². The van der Waals surface area contributed by atoms with Crippen LogP contribution < -0.4 is 4.90 Å². The van der Waals surface area contributed by atoms with Gasteiger partial charge in [0.15, 0.2) is 0 Å². The van der Waals surface area contributed by atoms with Crippen LogP contribution in [0.5, 0.6) is 0 Å². The average molecular weight is 752 g/mol. The molecule has 0 aromatic heterocycles. The first-order valence-corrected chi connectivity index (χ1v) is 20.8. The van der Waals surface area contributed by atoms with Gasteiger partial charge in [-0.25, -0.2) is 0 Å². The zero-order valence-corrected chi connectivity index (χ0v) is 33.2. The molecule has 0 radical (unpaired) electrons. The van der Waals surface area contributed by atoms with Gasteiger partial charge in [-0.3, -0.25) is 0 Å². The third kappa shape index (κ3) is 4.79. The Morgan fingerprint density at radius 2 is 0.678 bits per heavy atom. The highest BCUT2D eigenvalue weighted by atomic mass is 15.1. The highest BCUT2D eigenvalue weighted by Crippen LogP contribution is 2.63. The number of hydrogen-bond acceptors (Lipinski definition) is 1. The molecule has 9 aromatic carbocycles. The number of benzene rings is 9. The van der Waals surface area contributed by atoms with Crippen LogP contribution in [-0.4, -0.2) is 0 Å². The molecule has 1 heteroatoms. The van der Waals surface area contributed by atoms with E-state index < -0.39 is 5.41 Å². The van der Waals surface area contributed by atoms with E-state index in [0.29, 0.717) is 0 Å². The zero-order chi connectivity index (χ0) is 39.3. The van der Waals surface area contributed by atoms with Gasteiger partial charge in [0.05, 0.1) is 5.41 Å². The van der Waals surface area contributed by atoms with E-state index >= 15 is 0 Å². The van der Waals surface area contributed by atoms with E-state index in [4.69, 9.17) is 0 Å². The molecule has 0 unspecified atom stereocenters. The van der Waals surface area contributed by atoms with Crippen LogP contribution in [0.4, 0.5) is 17.1 Å². The van der Waals surface area contributed by atoms with E-state index in [9.17, 15) is 0 Å². The van der Waals surface area contributed by atoms with E-state index in [1.165, 1.54) is 89.0 Å². The lowest BCUT2D eigenvalue weighted by molar-refractivity contribution is 0.660. The van der Waals surface area contributed by atoms with Gasteiger partial charge in [-0.05, 0) is 131 Å². The minimum atomic E-state index is -0.424. The standard InChI is InChI=1S/C58H41N/c1-57(2)51-33-27-41(39-17-7-4-8-18-39)35-49(51)50-36-43(31-34-52(50)57)59(42-28-25-40(26-29-42)38-15-5-3-6-16-38)44-30-32-48-47-21-11-14-24-55(47)58(56(48)37-44)53-22-12-9-19-45(53)46-20-10-13-23-54(46)58/h3-37H,1-2H3. The molecule has 59 heavy (non-hydrogen) atoms. The predicted octanol–water partition coefficient (Wildman–Crippen LogP) is 15.1. The maximum atomic E-state index is 2.50. The fourth-order valence-electron chi connectivity index (χ4n) is 10.8. The van der Waals surface area contributed by atoms with Crippen LogP contribution in [0.15, 0.2) is 212 Å². The number of anilines is 3. The van der Waals surface area contributed by atoms with Gasteiger partial charge in [0, 0.05) is 22.5 Å². The molecule has 1 spiro atoms. The first kappa shape index (κ1) is 33.9. The molecule has 0 heterocycles. The lowest BCUT2D eigenvalue weighted by Crippen LogP contribution is -2.26. The smallest absolute Gasteiger partial charge is 0.0726 e. The summed E-state index contributed by atoms with van der Waals surface area (Å²) in [6.45, 7) is 4.74. The summed E-state index contributed by atoms with van der Waals surface area (Å²) in [6, 6.07) is 79.2. The predicted molar refractivity (Wildman–Crippen MR) is 246 cm³/mol. The lowest BCUT2D eigenvalue weighted by atomic mass is 9.70. The molecule has 0 atom stereocenters. The summed E-state index contributed by atoms with van der Waals surface area (Å²) >= 11 is 0. The second-order valence-electron chi connectivity index (χ2n) is 16.8. The Morgan fingerprint density at radius 1 is 0.271 bits per heavy atom. The molecule has 0 fully saturated rings. The summed E-state index contributed by atoms with van der Waals surface area (Å²) in [5.74, 6) is 0. The Bertz CT molecular complexity index is 3050. The Morgan fingerprint density at radius 3 is 1.27 bits per heavy atom. The van der Waals surface area contributed by atoms with Crippen molar-refractivity contribution < 1.29 is 0 Å². The van der Waals surface area contributed by atoms with Crippen molar-refractivity contribution >= 4 is 17.1 Å². The van der Waals surface area contributed by atoms with Crippen LogP contribution in [0.1, 0.15) is 47.2 Å². The lowest BCUT2D eigenvalue weighted by Gasteiger charge is -2.32. The molecule has 0 saturated heterocycles. The van der Waals surface area contributed by atoms with E-state index in [2.05, 4.69) is 231 Å². The highest BCUT2D eigenvalue weighted by Gasteiger charge is 2.51. The van der Waals surface area contributed by atoms with Gasteiger partial charge in [-0.15, -0.1) is 0 Å². The minimum absolute atomic E-state index is 0.116. The van der Waals surface area contributed by atoms with E-state index in [1.807, 2.05) is 0 Å². The normalized spacial score (nSPS) is 14.2. The number of fused-ring (bicyclic) bond motifs is 13. The molecule has 9 aromatic rings. The Kier molecular flexibility index (Phi) is 7.26. The second-order valence-corrected chi connectivity index (χ2v) is 16.8. The Hall–Kier alpha value is -7.22. The molecular weight excluding hydrogens is 711 g/mol. The first-order chi connectivity index (χ1) is 29.0. The number of nitrogens with zero attached hydrogens (tertiary/aromatic N) is 1. The fourth-order valence-corrected chi connectivity index (χ4v) is 10.8. The SMILES string of the molecule is CC1(C)c2ccc(-c3ccccc3)cc2-c2cc(N(c3ccc(-c4ccccc4)cc3)c3ccc4c(c3)C3(c5ccccc5-c5ccccc53)c3ccccc3-4)ccc21. The zero-order valence-electron chi connectivity index (χ0n) is 33.2. The summed E-state index contributed by atoms with van der Waals surface area (Å²) in [4.78, 5) is 2.48. The van der Waals surface area contributed by atoms with Crippen LogP contribution >= 0.6 is 0 Å². The van der Waals surface area contributed by atoms with Gasteiger partial charge in [0.2, 0.25) is 0 Å². The summed E-state index contributed by atoms with van der Waals surface area (Å²) in [7, 11) is 0. The van der Waals surface area contributed by atoms with Gasteiger partial charge >= 0.3 is 0 Å². The van der Waals surface area contributed by atoms with E-state index in [-0.39, 0.29) is 5.41 Å². The molecular formula is C58H41N. The quantitative estimate of drug-likeness (QED) is 0.169. The molecule has 0 saturated carbocycles. The van der Waals surface area contributed by atoms with Crippen LogP contribution in [0.3, 0.4) is 0 Å². The van der Waals surface area contributed by atoms with Crippen molar-refractivity contribution in [3.05, 3.63) is 246 Å². The van der Waals surface area contributed by atoms with Crippen molar-refractivity contribution in [1.82, 2.24) is 0 Å². The molecule has 0 aliphatic heterocycles. The summed E-state index contributed by atoms with van der Waals surface area (Å²) in [5, 5.41) is 0. The third-order valence-corrected chi connectivity index (χ3v) is 13.5. The van der Waals surface area contributed by atoms with Crippen LogP contribution in [0.25, 0.3) is 55.6 Å². The summed E-state index contributed by atoms with van der Waals surface area (Å²) in [5.41, 5.74) is 23.8. The molecule has 0 N–H and O–H groups in total. The van der Waals surface area contributed by atoms with Crippen molar-refractivity contribution in [2.45, 2.75) is 24.7 Å².